The van der Waals surface area contributed by atoms with Crippen LogP contribution in [0.3, 0.4) is 0 Å². The third-order valence-corrected chi connectivity index (χ3v) is 4.64. The van der Waals surface area contributed by atoms with Crippen molar-refractivity contribution >= 4 is 5.91 Å². The highest BCUT2D eigenvalue weighted by atomic mass is 16.5. The SMILES string of the molecule is COc1ccc(CN(C)C(=O)c2cc(CN3CCC(O)CC3)on2)cc1. The Balaban J connectivity index is 1.56. The first-order chi connectivity index (χ1) is 12.5. The van der Waals surface area contributed by atoms with Gasteiger partial charge in [0.2, 0.25) is 0 Å². The van der Waals surface area contributed by atoms with E-state index < -0.39 is 0 Å². The largest absolute Gasteiger partial charge is 0.497 e. The zero-order chi connectivity index (χ0) is 18.5. The van der Waals surface area contributed by atoms with Gasteiger partial charge in [0, 0.05) is 32.7 Å². The van der Waals surface area contributed by atoms with E-state index in [1.807, 2.05) is 24.3 Å². The number of aromatic nitrogens is 1. The van der Waals surface area contributed by atoms with Crippen molar-refractivity contribution in [3.63, 3.8) is 0 Å². The lowest BCUT2D eigenvalue weighted by atomic mass is 10.1. The third kappa shape index (κ3) is 4.62. The summed E-state index contributed by atoms with van der Waals surface area (Å²) >= 11 is 0. The lowest BCUT2D eigenvalue weighted by molar-refractivity contribution is 0.0743. The zero-order valence-electron chi connectivity index (χ0n) is 15.2. The van der Waals surface area contributed by atoms with E-state index >= 15 is 0 Å². The van der Waals surface area contributed by atoms with Crippen LogP contribution in [0.5, 0.6) is 5.75 Å². The van der Waals surface area contributed by atoms with Gasteiger partial charge in [0.15, 0.2) is 11.5 Å². The van der Waals surface area contributed by atoms with E-state index in [4.69, 9.17) is 9.26 Å². The van der Waals surface area contributed by atoms with E-state index in [1.165, 1.54) is 0 Å². The van der Waals surface area contributed by atoms with Crippen LogP contribution < -0.4 is 4.74 Å². The number of hydrogen-bond donors (Lipinski definition) is 1. The van der Waals surface area contributed by atoms with E-state index in [0.29, 0.717) is 24.5 Å². The summed E-state index contributed by atoms with van der Waals surface area (Å²) in [5.41, 5.74) is 1.32. The van der Waals surface area contributed by atoms with Gasteiger partial charge in [-0.25, -0.2) is 0 Å². The number of rotatable bonds is 6. The van der Waals surface area contributed by atoms with Gasteiger partial charge in [-0.1, -0.05) is 17.3 Å². The van der Waals surface area contributed by atoms with Crippen molar-refractivity contribution in [2.24, 2.45) is 0 Å². The molecule has 1 aromatic carbocycles. The maximum absolute atomic E-state index is 12.6. The first kappa shape index (κ1) is 18.4. The lowest BCUT2D eigenvalue weighted by Crippen LogP contribution is -2.35. The second-order valence-electron chi connectivity index (χ2n) is 6.70. The summed E-state index contributed by atoms with van der Waals surface area (Å²) in [7, 11) is 3.37. The van der Waals surface area contributed by atoms with Gasteiger partial charge in [-0.15, -0.1) is 0 Å². The Hall–Kier alpha value is -2.38. The minimum atomic E-state index is -0.204. The summed E-state index contributed by atoms with van der Waals surface area (Å²) in [5, 5.41) is 13.5. The van der Waals surface area contributed by atoms with Crippen LogP contribution >= 0.6 is 0 Å². The van der Waals surface area contributed by atoms with Crippen molar-refractivity contribution in [1.82, 2.24) is 15.0 Å². The lowest BCUT2D eigenvalue weighted by Gasteiger charge is -2.28. The molecule has 0 aliphatic carbocycles. The molecule has 3 rings (SSSR count). The molecule has 0 unspecified atom stereocenters. The third-order valence-electron chi connectivity index (χ3n) is 4.64. The highest BCUT2D eigenvalue weighted by Gasteiger charge is 2.21. The molecule has 2 heterocycles. The molecule has 1 aliphatic heterocycles. The number of piperidine rings is 1. The van der Waals surface area contributed by atoms with E-state index in [0.717, 1.165) is 37.2 Å². The Bertz CT molecular complexity index is 721. The maximum atomic E-state index is 12.6. The Morgan fingerprint density at radius 2 is 2.04 bits per heavy atom. The molecule has 0 atom stereocenters. The fraction of sp³-hybridized carbons (Fsp3) is 0.474. The van der Waals surface area contributed by atoms with Gasteiger partial charge in [0.25, 0.3) is 5.91 Å². The molecule has 1 fully saturated rings. The van der Waals surface area contributed by atoms with Crippen LogP contribution in [-0.2, 0) is 13.1 Å². The number of hydrogen-bond acceptors (Lipinski definition) is 6. The van der Waals surface area contributed by atoms with Crippen molar-refractivity contribution in [3.8, 4) is 5.75 Å². The van der Waals surface area contributed by atoms with Crippen LogP contribution in [0, 0.1) is 0 Å². The minimum Gasteiger partial charge on any atom is -0.497 e. The summed E-state index contributed by atoms with van der Waals surface area (Å²) in [5.74, 6) is 1.28. The number of methoxy groups -OCH3 is 1. The number of likely N-dealkylation sites (tertiary alicyclic amines) is 1. The Kier molecular flexibility index (Phi) is 5.90. The quantitative estimate of drug-likeness (QED) is 0.849. The Labute approximate surface area is 153 Å². The normalized spacial score (nSPS) is 15.8. The molecule has 1 saturated heterocycles. The van der Waals surface area contributed by atoms with Gasteiger partial charge in [-0.05, 0) is 30.5 Å². The molecule has 7 heteroatoms. The van der Waals surface area contributed by atoms with Gasteiger partial charge in [0.1, 0.15) is 5.75 Å². The monoisotopic (exact) mass is 359 g/mol. The summed E-state index contributed by atoms with van der Waals surface area (Å²) < 4.78 is 10.5. The molecular weight excluding hydrogens is 334 g/mol. The zero-order valence-corrected chi connectivity index (χ0v) is 15.2. The van der Waals surface area contributed by atoms with E-state index in [-0.39, 0.29) is 12.0 Å². The fourth-order valence-electron chi connectivity index (χ4n) is 3.06. The van der Waals surface area contributed by atoms with Crippen molar-refractivity contribution in [3.05, 3.63) is 47.3 Å². The molecular formula is C19H25N3O4. The molecule has 7 nitrogen and oxygen atoms in total. The van der Waals surface area contributed by atoms with Crippen molar-refractivity contribution in [2.75, 3.05) is 27.2 Å². The van der Waals surface area contributed by atoms with Crippen LogP contribution in [0.1, 0.15) is 34.7 Å². The first-order valence-electron chi connectivity index (χ1n) is 8.79. The van der Waals surface area contributed by atoms with Crippen LogP contribution in [0.2, 0.25) is 0 Å². The number of nitrogens with zero attached hydrogens (tertiary/aromatic N) is 3. The average Bonchev–Trinajstić information content (AvgIpc) is 3.12. The van der Waals surface area contributed by atoms with E-state index in [2.05, 4.69) is 10.1 Å². The highest BCUT2D eigenvalue weighted by Crippen LogP contribution is 2.16. The van der Waals surface area contributed by atoms with Crippen LogP contribution in [-0.4, -0.2) is 59.3 Å². The fourth-order valence-corrected chi connectivity index (χ4v) is 3.06. The van der Waals surface area contributed by atoms with Crippen molar-refractivity contribution in [1.29, 1.82) is 0 Å². The molecule has 1 aliphatic rings. The molecule has 0 radical (unpaired) electrons. The molecule has 1 N–H and O–H groups in total. The predicted octanol–water partition coefficient (Wildman–Crippen LogP) is 1.91. The molecule has 140 valence electrons. The first-order valence-corrected chi connectivity index (χ1v) is 8.79. The number of carbonyl (C=O) groups is 1. The molecule has 0 saturated carbocycles. The van der Waals surface area contributed by atoms with Crippen molar-refractivity contribution in [2.45, 2.75) is 32.0 Å². The number of carbonyl (C=O) groups excluding carboxylic acids is 1. The van der Waals surface area contributed by atoms with Crippen LogP contribution in [0.4, 0.5) is 0 Å². The summed E-state index contributed by atoms with van der Waals surface area (Å²) in [6, 6.07) is 9.32. The second kappa shape index (κ2) is 8.33. The van der Waals surface area contributed by atoms with Gasteiger partial charge in [-0.2, -0.15) is 0 Å². The van der Waals surface area contributed by atoms with Crippen LogP contribution in [0.25, 0.3) is 0 Å². The minimum absolute atomic E-state index is 0.176. The number of ether oxygens (including phenoxy) is 1. The molecule has 1 aromatic heterocycles. The molecule has 0 spiro atoms. The number of aliphatic hydroxyl groups excluding tert-OH is 1. The Morgan fingerprint density at radius 1 is 1.35 bits per heavy atom. The van der Waals surface area contributed by atoms with Crippen molar-refractivity contribution < 1.29 is 19.2 Å². The molecule has 1 amide bonds. The number of amides is 1. The van der Waals surface area contributed by atoms with Crippen LogP contribution in [0.15, 0.2) is 34.9 Å². The van der Waals surface area contributed by atoms with Gasteiger partial charge >= 0.3 is 0 Å². The van der Waals surface area contributed by atoms with E-state index in [1.54, 1.807) is 25.1 Å². The van der Waals surface area contributed by atoms with E-state index in [9.17, 15) is 9.90 Å². The maximum Gasteiger partial charge on any atom is 0.276 e. The average molecular weight is 359 g/mol. The summed E-state index contributed by atoms with van der Waals surface area (Å²) in [4.78, 5) is 16.4. The molecule has 0 bridgehead atoms. The van der Waals surface area contributed by atoms with Gasteiger partial charge in [0.05, 0.1) is 19.8 Å². The molecule has 2 aromatic rings. The predicted molar refractivity (Wildman–Crippen MR) is 95.8 cm³/mol. The number of benzene rings is 1. The highest BCUT2D eigenvalue weighted by molar-refractivity contribution is 5.92. The standard InChI is InChI=1S/C19H25N3O4/c1-21(12-14-3-5-16(25-2)6-4-14)19(24)18-11-17(26-20-18)13-22-9-7-15(23)8-10-22/h3-6,11,15,23H,7-10,12-13H2,1-2H3. The smallest absolute Gasteiger partial charge is 0.276 e. The van der Waals surface area contributed by atoms with Gasteiger partial charge < -0.3 is 19.3 Å². The second-order valence-corrected chi connectivity index (χ2v) is 6.70. The van der Waals surface area contributed by atoms with Gasteiger partial charge in [-0.3, -0.25) is 9.69 Å². The summed E-state index contributed by atoms with van der Waals surface area (Å²) in [6.07, 6.45) is 1.33. The Morgan fingerprint density at radius 3 is 2.69 bits per heavy atom. The topological polar surface area (TPSA) is 79.0 Å². The summed E-state index contributed by atoms with van der Waals surface area (Å²) in [6.45, 7) is 2.73. The molecule has 26 heavy (non-hydrogen) atoms. The number of aliphatic hydroxyl groups is 1.